The summed E-state index contributed by atoms with van der Waals surface area (Å²) in [4.78, 5) is 23.8. The second-order valence-electron chi connectivity index (χ2n) is 5.84. The van der Waals surface area contributed by atoms with Crippen molar-refractivity contribution in [2.75, 3.05) is 13.2 Å². The molecule has 0 unspecified atom stereocenters. The molecule has 4 heteroatoms. The molecule has 3 rings (SSSR count). The summed E-state index contributed by atoms with van der Waals surface area (Å²) in [6.07, 6.45) is 3.61. The number of fused-ring (bicyclic) bond motifs is 1. The third-order valence-corrected chi connectivity index (χ3v) is 4.87. The van der Waals surface area contributed by atoms with E-state index in [4.69, 9.17) is 9.47 Å². The largest absolute Gasteiger partial charge is 0.348 e. The van der Waals surface area contributed by atoms with Crippen molar-refractivity contribution in [2.24, 2.45) is 17.8 Å². The maximum absolute atomic E-state index is 12.0. The number of Topliss-reactive ketones (excluding diaryl/α,β-unsaturated/α-hetero) is 2. The van der Waals surface area contributed by atoms with Gasteiger partial charge in [0.15, 0.2) is 5.79 Å². The normalized spacial score (nSPS) is 38.7. The first-order chi connectivity index (χ1) is 8.61. The summed E-state index contributed by atoms with van der Waals surface area (Å²) in [6.45, 7) is 2.92. The molecule has 2 saturated carbocycles. The molecule has 0 radical (unpaired) electrons. The van der Waals surface area contributed by atoms with Crippen LogP contribution in [0.4, 0.5) is 0 Å². The fourth-order valence-corrected chi connectivity index (χ4v) is 3.98. The molecule has 0 N–H and O–H groups in total. The van der Waals surface area contributed by atoms with Crippen LogP contribution in [-0.2, 0) is 19.1 Å². The van der Waals surface area contributed by atoms with Gasteiger partial charge in [-0.05, 0) is 25.7 Å². The molecule has 2 aliphatic carbocycles. The Labute approximate surface area is 107 Å². The number of carbonyl (C=O) groups is 2. The molecule has 0 bridgehead atoms. The van der Waals surface area contributed by atoms with E-state index in [0.29, 0.717) is 38.3 Å². The summed E-state index contributed by atoms with van der Waals surface area (Å²) >= 11 is 0. The molecule has 100 valence electrons. The van der Waals surface area contributed by atoms with Crippen molar-refractivity contribution in [3.05, 3.63) is 0 Å². The molecule has 18 heavy (non-hydrogen) atoms. The highest BCUT2D eigenvalue weighted by atomic mass is 16.7. The van der Waals surface area contributed by atoms with E-state index in [-0.39, 0.29) is 23.5 Å². The SMILES string of the molecule is CC(=O)[C@H]1CCC(=O)[C@H]2CCC3(C[C@H]12)OCCO3. The smallest absolute Gasteiger partial charge is 0.168 e. The lowest BCUT2D eigenvalue weighted by Crippen LogP contribution is -2.48. The van der Waals surface area contributed by atoms with Crippen molar-refractivity contribution in [2.45, 2.75) is 44.8 Å². The van der Waals surface area contributed by atoms with Gasteiger partial charge in [-0.25, -0.2) is 0 Å². The summed E-state index contributed by atoms with van der Waals surface area (Å²) in [5.74, 6) is 0.282. The average molecular weight is 252 g/mol. The molecule has 3 fully saturated rings. The van der Waals surface area contributed by atoms with Gasteiger partial charge in [-0.3, -0.25) is 9.59 Å². The zero-order valence-electron chi connectivity index (χ0n) is 10.8. The fourth-order valence-electron chi connectivity index (χ4n) is 3.98. The lowest BCUT2D eigenvalue weighted by molar-refractivity contribution is -0.202. The van der Waals surface area contributed by atoms with Gasteiger partial charge in [-0.2, -0.15) is 0 Å². The third kappa shape index (κ3) is 1.91. The lowest BCUT2D eigenvalue weighted by Gasteiger charge is -2.45. The molecule has 0 aromatic heterocycles. The predicted octanol–water partition coefficient (Wildman–Crippen LogP) is 1.71. The Kier molecular flexibility index (Phi) is 3.02. The average Bonchev–Trinajstić information content (AvgIpc) is 2.77. The Morgan fingerprint density at radius 1 is 1.28 bits per heavy atom. The van der Waals surface area contributed by atoms with Gasteiger partial charge in [0.25, 0.3) is 0 Å². The summed E-state index contributed by atoms with van der Waals surface area (Å²) in [5, 5.41) is 0. The summed E-state index contributed by atoms with van der Waals surface area (Å²) < 4.78 is 11.5. The Morgan fingerprint density at radius 2 is 2.00 bits per heavy atom. The number of rotatable bonds is 1. The van der Waals surface area contributed by atoms with Crippen molar-refractivity contribution < 1.29 is 19.1 Å². The number of ether oxygens (including phenoxy) is 2. The summed E-state index contributed by atoms with van der Waals surface area (Å²) in [5.41, 5.74) is 0. The Hall–Kier alpha value is -0.740. The van der Waals surface area contributed by atoms with Crippen LogP contribution in [0.5, 0.6) is 0 Å². The van der Waals surface area contributed by atoms with E-state index in [2.05, 4.69) is 0 Å². The van der Waals surface area contributed by atoms with Gasteiger partial charge in [-0.15, -0.1) is 0 Å². The van der Waals surface area contributed by atoms with E-state index in [0.717, 1.165) is 12.8 Å². The minimum Gasteiger partial charge on any atom is -0.348 e. The minimum absolute atomic E-state index is 0.0256. The highest BCUT2D eigenvalue weighted by Crippen LogP contribution is 2.48. The van der Waals surface area contributed by atoms with E-state index in [1.54, 1.807) is 6.92 Å². The first kappa shape index (κ1) is 12.3. The molecule has 0 amide bonds. The van der Waals surface area contributed by atoms with E-state index in [1.807, 2.05) is 0 Å². The van der Waals surface area contributed by atoms with Crippen molar-refractivity contribution in [3.63, 3.8) is 0 Å². The van der Waals surface area contributed by atoms with E-state index in [9.17, 15) is 9.59 Å². The summed E-state index contributed by atoms with van der Waals surface area (Å²) in [7, 11) is 0. The van der Waals surface area contributed by atoms with Crippen LogP contribution in [-0.4, -0.2) is 30.6 Å². The monoisotopic (exact) mass is 252 g/mol. The van der Waals surface area contributed by atoms with Crippen LogP contribution in [0.2, 0.25) is 0 Å². The zero-order chi connectivity index (χ0) is 12.8. The molecule has 0 aromatic carbocycles. The van der Waals surface area contributed by atoms with Crippen molar-refractivity contribution in [1.29, 1.82) is 0 Å². The first-order valence-corrected chi connectivity index (χ1v) is 6.92. The van der Waals surface area contributed by atoms with E-state index < -0.39 is 5.79 Å². The molecular formula is C14H20O4. The second-order valence-corrected chi connectivity index (χ2v) is 5.84. The van der Waals surface area contributed by atoms with E-state index in [1.165, 1.54) is 0 Å². The highest BCUT2D eigenvalue weighted by Gasteiger charge is 2.51. The predicted molar refractivity (Wildman–Crippen MR) is 63.9 cm³/mol. The van der Waals surface area contributed by atoms with Gasteiger partial charge in [0.2, 0.25) is 0 Å². The van der Waals surface area contributed by atoms with Crippen molar-refractivity contribution >= 4 is 11.6 Å². The summed E-state index contributed by atoms with van der Waals surface area (Å²) in [6, 6.07) is 0. The van der Waals surface area contributed by atoms with Crippen molar-refractivity contribution in [1.82, 2.24) is 0 Å². The maximum atomic E-state index is 12.0. The van der Waals surface area contributed by atoms with Crippen LogP contribution in [0.15, 0.2) is 0 Å². The molecule has 3 atom stereocenters. The minimum atomic E-state index is -0.494. The quantitative estimate of drug-likeness (QED) is 0.713. The van der Waals surface area contributed by atoms with Crippen LogP contribution >= 0.6 is 0 Å². The first-order valence-electron chi connectivity index (χ1n) is 6.92. The Balaban J connectivity index is 1.83. The van der Waals surface area contributed by atoms with Crippen molar-refractivity contribution in [3.8, 4) is 0 Å². The van der Waals surface area contributed by atoms with Crippen LogP contribution in [0.3, 0.4) is 0 Å². The van der Waals surface area contributed by atoms with Gasteiger partial charge < -0.3 is 9.47 Å². The fraction of sp³-hybridized carbons (Fsp3) is 0.857. The Morgan fingerprint density at radius 3 is 2.67 bits per heavy atom. The van der Waals surface area contributed by atoms with Crippen LogP contribution in [0.25, 0.3) is 0 Å². The molecule has 3 aliphatic rings. The lowest BCUT2D eigenvalue weighted by atomic mass is 9.62. The highest BCUT2D eigenvalue weighted by molar-refractivity contribution is 5.86. The molecule has 1 saturated heterocycles. The number of hydrogen-bond acceptors (Lipinski definition) is 4. The van der Waals surface area contributed by atoms with Gasteiger partial charge in [0.1, 0.15) is 11.6 Å². The third-order valence-electron chi connectivity index (χ3n) is 4.87. The van der Waals surface area contributed by atoms with Gasteiger partial charge in [-0.1, -0.05) is 0 Å². The number of carbonyl (C=O) groups excluding carboxylic acids is 2. The van der Waals surface area contributed by atoms with Gasteiger partial charge in [0.05, 0.1) is 13.2 Å². The maximum Gasteiger partial charge on any atom is 0.168 e. The van der Waals surface area contributed by atoms with Gasteiger partial charge in [0, 0.05) is 31.1 Å². The second kappa shape index (κ2) is 4.42. The molecule has 1 aliphatic heterocycles. The van der Waals surface area contributed by atoms with Crippen LogP contribution in [0, 0.1) is 17.8 Å². The molecular weight excluding hydrogens is 232 g/mol. The molecule has 1 spiro atoms. The van der Waals surface area contributed by atoms with Crippen LogP contribution < -0.4 is 0 Å². The van der Waals surface area contributed by atoms with Gasteiger partial charge >= 0.3 is 0 Å². The standard InChI is InChI=1S/C14H20O4/c1-9(15)10-2-3-13(16)11-4-5-14(8-12(10)11)17-6-7-18-14/h10-12H,2-8H2,1H3/t10-,11+,12-/m1/s1. The Bertz CT molecular complexity index is 368. The molecule has 4 nitrogen and oxygen atoms in total. The van der Waals surface area contributed by atoms with Crippen LogP contribution in [0.1, 0.15) is 39.0 Å². The number of ketones is 2. The van der Waals surface area contributed by atoms with E-state index >= 15 is 0 Å². The topological polar surface area (TPSA) is 52.6 Å². The molecule has 1 heterocycles. The number of hydrogen-bond donors (Lipinski definition) is 0. The molecule has 0 aromatic rings. The zero-order valence-corrected chi connectivity index (χ0v) is 10.8.